The van der Waals surface area contributed by atoms with Crippen molar-refractivity contribution in [2.24, 2.45) is 0 Å². The Morgan fingerprint density at radius 1 is 1.28 bits per heavy atom. The number of nitrogens with two attached hydrogens (primary N) is 1. The Kier molecular flexibility index (Phi) is 3.19. The van der Waals surface area contributed by atoms with Gasteiger partial charge in [0.1, 0.15) is 0 Å². The van der Waals surface area contributed by atoms with E-state index in [2.05, 4.69) is 0 Å². The molecular weight excluding hydrogens is 245 g/mol. The van der Waals surface area contributed by atoms with Crippen LogP contribution in [0.1, 0.15) is 18.4 Å². The van der Waals surface area contributed by atoms with Gasteiger partial charge in [-0.25, -0.2) is 0 Å². The monoisotopic (exact) mass is 258 g/mol. The number of aryl methyl sites for hydroxylation is 1. The van der Waals surface area contributed by atoms with Gasteiger partial charge in [-0.2, -0.15) is 13.2 Å². The first-order valence-corrected chi connectivity index (χ1v) is 5.66. The lowest BCUT2D eigenvalue weighted by Gasteiger charge is -2.24. The van der Waals surface area contributed by atoms with E-state index in [4.69, 9.17) is 5.73 Å². The third kappa shape index (κ3) is 2.42. The number of fused-ring (bicyclic) bond motifs is 1. The predicted octanol–water partition coefficient (Wildman–Crippen LogP) is 2.50. The lowest BCUT2D eigenvalue weighted by Crippen LogP contribution is -2.41. The van der Waals surface area contributed by atoms with Crippen LogP contribution in [-0.4, -0.2) is 18.6 Å². The number of hydrogen-bond acceptors (Lipinski definition) is 2. The Bertz CT molecular complexity index is 471. The van der Waals surface area contributed by atoms with Gasteiger partial charge in [0.2, 0.25) is 0 Å². The van der Waals surface area contributed by atoms with Gasteiger partial charge in [0.25, 0.3) is 0 Å². The van der Waals surface area contributed by atoms with Crippen molar-refractivity contribution < 1.29 is 18.0 Å². The van der Waals surface area contributed by atoms with Crippen LogP contribution >= 0.6 is 0 Å². The average molecular weight is 258 g/mol. The first-order chi connectivity index (χ1) is 8.39. The Labute approximate surface area is 102 Å². The number of carbonyl (C=O) groups is 1. The van der Waals surface area contributed by atoms with Crippen molar-refractivity contribution in [1.82, 2.24) is 0 Å². The molecule has 0 fully saturated rings. The van der Waals surface area contributed by atoms with Crippen LogP contribution in [-0.2, 0) is 11.2 Å². The predicted molar refractivity (Wildman–Crippen MR) is 62.2 cm³/mol. The van der Waals surface area contributed by atoms with Gasteiger partial charge in [0, 0.05) is 17.9 Å². The zero-order chi connectivity index (χ0) is 13.3. The van der Waals surface area contributed by atoms with Crippen molar-refractivity contribution in [2.75, 3.05) is 17.2 Å². The van der Waals surface area contributed by atoms with Gasteiger partial charge in [-0.3, -0.25) is 4.79 Å². The van der Waals surface area contributed by atoms with Crippen LogP contribution in [0, 0.1) is 0 Å². The molecule has 1 aliphatic heterocycles. The van der Waals surface area contributed by atoms with E-state index in [1.54, 1.807) is 6.07 Å². The number of nitrogen functional groups attached to an aromatic ring is 1. The van der Waals surface area contributed by atoms with E-state index in [-0.39, 0.29) is 6.54 Å². The zero-order valence-corrected chi connectivity index (χ0v) is 9.63. The molecule has 1 amide bonds. The number of carbonyl (C=O) groups excluding carboxylic acids is 1. The maximum Gasteiger partial charge on any atom is 0.471 e. The summed E-state index contributed by atoms with van der Waals surface area (Å²) in [4.78, 5) is 12.2. The first-order valence-electron chi connectivity index (χ1n) is 5.66. The summed E-state index contributed by atoms with van der Waals surface area (Å²) in [5.74, 6) is -1.81. The molecule has 0 spiro atoms. The standard InChI is InChI=1S/C12H13F3N2O/c13-12(14,15)11(18)17-6-2-1-3-8-7-9(16)4-5-10(8)17/h4-5,7H,1-3,6,16H2. The molecule has 0 aromatic heterocycles. The van der Waals surface area contributed by atoms with E-state index < -0.39 is 12.1 Å². The van der Waals surface area contributed by atoms with Crippen LogP contribution in [0.3, 0.4) is 0 Å². The molecule has 0 unspecified atom stereocenters. The molecule has 2 rings (SSSR count). The van der Waals surface area contributed by atoms with Crippen molar-refractivity contribution in [3.05, 3.63) is 23.8 Å². The normalized spacial score (nSPS) is 16.1. The van der Waals surface area contributed by atoms with Crippen molar-refractivity contribution in [3.63, 3.8) is 0 Å². The summed E-state index contributed by atoms with van der Waals surface area (Å²) in [5.41, 5.74) is 7.13. The fraction of sp³-hybridized carbons (Fsp3) is 0.417. The smallest absolute Gasteiger partial charge is 0.399 e. The molecular formula is C12H13F3N2O. The van der Waals surface area contributed by atoms with Crippen molar-refractivity contribution in [1.29, 1.82) is 0 Å². The Hall–Kier alpha value is -1.72. The summed E-state index contributed by atoms with van der Waals surface area (Å²) in [5, 5.41) is 0. The van der Waals surface area contributed by atoms with Gasteiger partial charge >= 0.3 is 12.1 Å². The highest BCUT2D eigenvalue weighted by Crippen LogP contribution is 2.31. The van der Waals surface area contributed by atoms with Crippen LogP contribution in [0.25, 0.3) is 0 Å². The molecule has 1 aromatic rings. The van der Waals surface area contributed by atoms with Crippen LogP contribution in [0.5, 0.6) is 0 Å². The van der Waals surface area contributed by atoms with E-state index in [9.17, 15) is 18.0 Å². The maximum atomic E-state index is 12.5. The number of hydrogen-bond donors (Lipinski definition) is 1. The SMILES string of the molecule is Nc1ccc2c(c1)CCCCN2C(=O)C(F)(F)F. The second kappa shape index (κ2) is 4.51. The summed E-state index contributed by atoms with van der Waals surface area (Å²) < 4.78 is 37.6. The topological polar surface area (TPSA) is 46.3 Å². The molecule has 1 heterocycles. The second-order valence-corrected chi connectivity index (χ2v) is 4.30. The Balaban J connectivity index is 2.42. The minimum absolute atomic E-state index is 0.0925. The second-order valence-electron chi connectivity index (χ2n) is 4.30. The molecule has 2 N–H and O–H groups in total. The summed E-state index contributed by atoms with van der Waals surface area (Å²) in [6.45, 7) is 0.0925. The third-order valence-corrected chi connectivity index (χ3v) is 2.96. The molecule has 6 heteroatoms. The number of rotatable bonds is 0. The first kappa shape index (κ1) is 12.7. The molecule has 0 radical (unpaired) electrons. The quantitative estimate of drug-likeness (QED) is 0.727. The minimum atomic E-state index is -4.84. The van der Waals surface area contributed by atoms with Gasteiger partial charge in [-0.05, 0) is 43.0 Å². The van der Waals surface area contributed by atoms with Crippen LogP contribution in [0.4, 0.5) is 24.5 Å². The van der Waals surface area contributed by atoms with Crippen LogP contribution < -0.4 is 10.6 Å². The molecule has 3 nitrogen and oxygen atoms in total. The molecule has 0 aliphatic carbocycles. The van der Waals surface area contributed by atoms with E-state index in [0.717, 1.165) is 11.3 Å². The fourth-order valence-electron chi connectivity index (χ4n) is 2.14. The summed E-state index contributed by atoms with van der Waals surface area (Å²) >= 11 is 0. The number of nitrogens with zero attached hydrogens (tertiary/aromatic N) is 1. The van der Waals surface area contributed by atoms with Gasteiger partial charge in [0.05, 0.1) is 0 Å². The van der Waals surface area contributed by atoms with E-state index >= 15 is 0 Å². The molecule has 98 valence electrons. The molecule has 1 aromatic carbocycles. The van der Waals surface area contributed by atoms with Gasteiger partial charge in [-0.15, -0.1) is 0 Å². The molecule has 0 bridgehead atoms. The molecule has 0 saturated heterocycles. The third-order valence-electron chi connectivity index (χ3n) is 2.96. The minimum Gasteiger partial charge on any atom is -0.399 e. The molecule has 0 saturated carbocycles. The van der Waals surface area contributed by atoms with Gasteiger partial charge < -0.3 is 10.6 Å². The van der Waals surface area contributed by atoms with Crippen LogP contribution in [0.15, 0.2) is 18.2 Å². The number of benzene rings is 1. The highest BCUT2D eigenvalue weighted by Gasteiger charge is 2.43. The van der Waals surface area contributed by atoms with Gasteiger partial charge in [0.15, 0.2) is 0 Å². The largest absolute Gasteiger partial charge is 0.471 e. The fourth-order valence-corrected chi connectivity index (χ4v) is 2.14. The highest BCUT2D eigenvalue weighted by atomic mass is 19.4. The van der Waals surface area contributed by atoms with E-state index in [1.807, 2.05) is 0 Å². The zero-order valence-electron chi connectivity index (χ0n) is 9.63. The number of halogens is 3. The summed E-state index contributed by atoms with van der Waals surface area (Å²) in [7, 11) is 0. The number of amides is 1. The summed E-state index contributed by atoms with van der Waals surface area (Å²) in [6, 6.07) is 4.64. The molecule has 0 atom stereocenters. The highest BCUT2D eigenvalue weighted by molar-refractivity contribution is 5.98. The van der Waals surface area contributed by atoms with Crippen LogP contribution in [0.2, 0.25) is 0 Å². The lowest BCUT2D eigenvalue weighted by atomic mass is 10.1. The summed E-state index contributed by atoms with van der Waals surface area (Å²) in [6.07, 6.45) is -2.90. The molecule has 1 aliphatic rings. The Morgan fingerprint density at radius 2 is 2.00 bits per heavy atom. The molecule has 18 heavy (non-hydrogen) atoms. The average Bonchev–Trinajstić information content (AvgIpc) is 2.48. The van der Waals surface area contributed by atoms with Gasteiger partial charge in [-0.1, -0.05) is 0 Å². The number of alkyl halides is 3. The van der Waals surface area contributed by atoms with Crippen molar-refractivity contribution in [3.8, 4) is 0 Å². The van der Waals surface area contributed by atoms with E-state index in [1.165, 1.54) is 12.1 Å². The van der Waals surface area contributed by atoms with Crippen molar-refractivity contribution in [2.45, 2.75) is 25.4 Å². The Morgan fingerprint density at radius 3 is 2.67 bits per heavy atom. The maximum absolute atomic E-state index is 12.5. The number of anilines is 2. The van der Waals surface area contributed by atoms with Crippen molar-refractivity contribution >= 4 is 17.3 Å². The lowest BCUT2D eigenvalue weighted by molar-refractivity contribution is -0.170. The van der Waals surface area contributed by atoms with E-state index in [0.29, 0.717) is 29.8 Å².